The molecule has 5 rings (SSSR count). The second-order valence-electron chi connectivity index (χ2n) is 6.82. The van der Waals surface area contributed by atoms with Crippen molar-refractivity contribution in [2.24, 2.45) is 11.0 Å². The van der Waals surface area contributed by atoms with Crippen molar-refractivity contribution in [1.29, 1.82) is 0 Å². The van der Waals surface area contributed by atoms with Crippen molar-refractivity contribution in [3.8, 4) is 0 Å². The molecular formula is C23H20N2. The largest absolute Gasteiger partial charge is 0.257 e. The topological polar surface area (TPSA) is 15.6 Å². The summed E-state index contributed by atoms with van der Waals surface area (Å²) in [5.74, 6) is 0.442. The average molecular weight is 324 g/mol. The number of hydrazone groups is 1. The Morgan fingerprint density at radius 1 is 0.760 bits per heavy atom. The first-order valence-corrected chi connectivity index (χ1v) is 8.98. The van der Waals surface area contributed by atoms with Crippen LogP contribution in [0.5, 0.6) is 0 Å². The fourth-order valence-corrected chi connectivity index (χ4v) is 4.24. The van der Waals surface area contributed by atoms with E-state index < -0.39 is 0 Å². The van der Waals surface area contributed by atoms with E-state index in [1.54, 1.807) is 0 Å². The van der Waals surface area contributed by atoms with E-state index >= 15 is 0 Å². The molecule has 0 radical (unpaired) electrons. The first-order valence-electron chi connectivity index (χ1n) is 8.98. The molecule has 2 heteroatoms. The fourth-order valence-electron chi connectivity index (χ4n) is 4.24. The van der Waals surface area contributed by atoms with Crippen molar-refractivity contribution in [3.05, 3.63) is 102 Å². The first-order chi connectivity index (χ1) is 12.4. The van der Waals surface area contributed by atoms with E-state index in [9.17, 15) is 0 Å². The number of hydrogen-bond donors (Lipinski definition) is 0. The van der Waals surface area contributed by atoms with Crippen molar-refractivity contribution < 1.29 is 0 Å². The molecular weight excluding hydrogens is 304 g/mol. The zero-order chi connectivity index (χ0) is 16.6. The molecule has 0 fully saturated rings. The minimum atomic E-state index is 0.270. The summed E-state index contributed by atoms with van der Waals surface area (Å²) in [6.07, 6.45) is 2.28. The summed E-state index contributed by atoms with van der Waals surface area (Å²) >= 11 is 0. The lowest BCUT2D eigenvalue weighted by molar-refractivity contribution is 0.510. The quantitative estimate of drug-likeness (QED) is 0.631. The normalized spacial score (nSPS) is 21.4. The third kappa shape index (κ3) is 2.37. The average Bonchev–Trinajstić information content (AvgIpc) is 3.09. The maximum Gasteiger partial charge on any atom is 0.0860 e. The van der Waals surface area contributed by atoms with Gasteiger partial charge >= 0.3 is 0 Å². The number of anilines is 1. The smallest absolute Gasteiger partial charge is 0.0860 e. The Kier molecular flexibility index (Phi) is 3.41. The van der Waals surface area contributed by atoms with Gasteiger partial charge in [-0.2, -0.15) is 5.10 Å². The van der Waals surface area contributed by atoms with Crippen LogP contribution in [0.3, 0.4) is 0 Å². The summed E-state index contributed by atoms with van der Waals surface area (Å²) in [7, 11) is 0. The Balaban J connectivity index is 1.66. The van der Waals surface area contributed by atoms with Crippen LogP contribution in [0, 0.1) is 5.92 Å². The van der Waals surface area contributed by atoms with Gasteiger partial charge in [0.2, 0.25) is 0 Å². The number of rotatable bonds is 2. The minimum absolute atomic E-state index is 0.270. The van der Waals surface area contributed by atoms with Crippen LogP contribution < -0.4 is 5.01 Å². The third-order valence-electron chi connectivity index (χ3n) is 5.39. The van der Waals surface area contributed by atoms with Gasteiger partial charge in [-0.1, -0.05) is 72.8 Å². The standard InChI is InChI=1S/C23H20N2/c1-3-10-18(11-4-1)23-21-16-15-17-9-7-8-14-20(17)22(21)24-25(23)19-12-5-2-6-13-19/h1-14,21,23H,15-16H2. The molecule has 3 aromatic rings. The zero-order valence-corrected chi connectivity index (χ0v) is 14.0. The van der Waals surface area contributed by atoms with E-state index in [2.05, 4.69) is 89.9 Å². The Morgan fingerprint density at radius 2 is 1.44 bits per heavy atom. The Hall–Kier alpha value is -2.87. The van der Waals surface area contributed by atoms with Crippen molar-refractivity contribution >= 4 is 11.4 Å². The lowest BCUT2D eigenvalue weighted by Crippen LogP contribution is -2.28. The molecule has 0 saturated heterocycles. The van der Waals surface area contributed by atoms with Crippen LogP contribution in [-0.2, 0) is 6.42 Å². The highest BCUT2D eigenvalue weighted by Gasteiger charge is 2.41. The molecule has 0 aromatic heterocycles. The number of benzene rings is 3. The van der Waals surface area contributed by atoms with Gasteiger partial charge < -0.3 is 0 Å². The first kappa shape index (κ1) is 14.5. The van der Waals surface area contributed by atoms with Crippen LogP contribution in [0.15, 0.2) is 90.0 Å². The van der Waals surface area contributed by atoms with Crippen molar-refractivity contribution in [2.45, 2.75) is 18.9 Å². The van der Waals surface area contributed by atoms with Crippen LogP contribution in [-0.4, -0.2) is 5.71 Å². The molecule has 1 aliphatic heterocycles. The second-order valence-corrected chi connectivity index (χ2v) is 6.82. The maximum absolute atomic E-state index is 5.13. The van der Waals surface area contributed by atoms with E-state index in [0.717, 1.165) is 18.5 Å². The van der Waals surface area contributed by atoms with Crippen molar-refractivity contribution in [2.75, 3.05) is 5.01 Å². The summed E-state index contributed by atoms with van der Waals surface area (Å²) in [6.45, 7) is 0. The van der Waals surface area contributed by atoms with Crippen molar-refractivity contribution in [3.63, 3.8) is 0 Å². The van der Waals surface area contributed by atoms with Gasteiger partial charge in [0.25, 0.3) is 0 Å². The predicted octanol–water partition coefficient (Wildman–Crippen LogP) is 5.21. The molecule has 0 saturated carbocycles. The molecule has 25 heavy (non-hydrogen) atoms. The van der Waals surface area contributed by atoms with Crippen LogP contribution in [0.4, 0.5) is 5.69 Å². The molecule has 2 unspecified atom stereocenters. The molecule has 122 valence electrons. The summed E-state index contributed by atoms with van der Waals surface area (Å²) < 4.78 is 0. The van der Waals surface area contributed by atoms with Crippen LogP contribution >= 0.6 is 0 Å². The van der Waals surface area contributed by atoms with E-state index in [0.29, 0.717) is 5.92 Å². The lowest BCUT2D eigenvalue weighted by Gasteiger charge is -2.30. The van der Waals surface area contributed by atoms with E-state index in [4.69, 9.17) is 5.10 Å². The summed E-state index contributed by atoms with van der Waals surface area (Å²) in [6, 6.07) is 30.4. The van der Waals surface area contributed by atoms with Gasteiger partial charge in [0.15, 0.2) is 0 Å². The van der Waals surface area contributed by atoms with Crippen LogP contribution in [0.2, 0.25) is 0 Å². The molecule has 0 spiro atoms. The molecule has 2 nitrogen and oxygen atoms in total. The fraction of sp³-hybridized carbons (Fsp3) is 0.174. The Bertz CT molecular complexity index is 915. The predicted molar refractivity (Wildman–Crippen MR) is 103 cm³/mol. The highest BCUT2D eigenvalue weighted by Crippen LogP contribution is 2.45. The molecule has 1 aliphatic carbocycles. The number of hydrogen-bond acceptors (Lipinski definition) is 2. The Labute approximate surface area is 148 Å². The van der Waals surface area contributed by atoms with Gasteiger partial charge in [0, 0.05) is 11.5 Å². The number of para-hydroxylation sites is 1. The molecule has 1 heterocycles. The van der Waals surface area contributed by atoms with Gasteiger partial charge in [0.05, 0.1) is 17.4 Å². The van der Waals surface area contributed by atoms with E-state index in [1.807, 2.05) is 0 Å². The zero-order valence-electron chi connectivity index (χ0n) is 14.0. The number of fused-ring (bicyclic) bond motifs is 3. The Morgan fingerprint density at radius 3 is 2.24 bits per heavy atom. The van der Waals surface area contributed by atoms with E-state index in [1.165, 1.54) is 22.4 Å². The highest BCUT2D eigenvalue weighted by molar-refractivity contribution is 6.07. The van der Waals surface area contributed by atoms with Crippen LogP contribution in [0.1, 0.15) is 29.2 Å². The number of nitrogens with zero attached hydrogens (tertiary/aromatic N) is 2. The molecule has 2 atom stereocenters. The molecule has 2 aliphatic rings. The van der Waals surface area contributed by atoms with Gasteiger partial charge in [-0.15, -0.1) is 0 Å². The van der Waals surface area contributed by atoms with Gasteiger partial charge in [-0.3, -0.25) is 5.01 Å². The maximum atomic E-state index is 5.13. The van der Waals surface area contributed by atoms with Crippen LogP contribution in [0.25, 0.3) is 0 Å². The minimum Gasteiger partial charge on any atom is -0.257 e. The second kappa shape index (κ2) is 5.89. The lowest BCUT2D eigenvalue weighted by atomic mass is 9.77. The highest BCUT2D eigenvalue weighted by atomic mass is 15.5. The van der Waals surface area contributed by atoms with Gasteiger partial charge in [-0.05, 0) is 36.1 Å². The molecule has 3 aromatic carbocycles. The molecule has 0 bridgehead atoms. The summed E-state index contributed by atoms with van der Waals surface area (Å²) in [4.78, 5) is 0. The third-order valence-corrected chi connectivity index (χ3v) is 5.39. The summed E-state index contributed by atoms with van der Waals surface area (Å²) in [5, 5.41) is 7.36. The van der Waals surface area contributed by atoms with Crippen molar-refractivity contribution in [1.82, 2.24) is 0 Å². The van der Waals surface area contributed by atoms with Gasteiger partial charge in [-0.25, -0.2) is 0 Å². The monoisotopic (exact) mass is 324 g/mol. The molecule has 0 N–H and O–H groups in total. The molecule has 0 amide bonds. The number of aryl methyl sites for hydroxylation is 1. The summed E-state index contributed by atoms with van der Waals surface area (Å²) in [5.41, 5.74) is 6.52. The van der Waals surface area contributed by atoms with Gasteiger partial charge in [0.1, 0.15) is 0 Å². The van der Waals surface area contributed by atoms with E-state index in [-0.39, 0.29) is 6.04 Å². The SMILES string of the molecule is c1ccc(C2C3CCc4ccccc4C3=NN2c2ccccc2)cc1.